The zero-order chi connectivity index (χ0) is 42.9. The average Bonchev–Trinajstić information content (AvgIpc) is 3.01. The lowest BCUT2D eigenvalue weighted by molar-refractivity contribution is -0.159. The summed E-state index contributed by atoms with van der Waals surface area (Å²) < 4.78 is 22.7. The van der Waals surface area contributed by atoms with E-state index in [0.29, 0.717) is 45.3 Å². The predicted molar refractivity (Wildman–Crippen MR) is 218 cm³/mol. The smallest absolute Gasteiger partial charge is 0.407 e. The third kappa shape index (κ3) is 24.6. The van der Waals surface area contributed by atoms with Crippen molar-refractivity contribution in [1.29, 1.82) is 0 Å². The van der Waals surface area contributed by atoms with Crippen LogP contribution >= 0.6 is 15.9 Å². The summed E-state index contributed by atoms with van der Waals surface area (Å²) in [5, 5.41) is 7.95. The number of benzene rings is 1. The summed E-state index contributed by atoms with van der Waals surface area (Å²) in [6, 6.07) is 4.61. The van der Waals surface area contributed by atoms with Gasteiger partial charge in [-0.25, -0.2) is 19.2 Å². The maximum atomic E-state index is 13.4. The normalized spacial score (nSPS) is 13.1. The van der Waals surface area contributed by atoms with Crippen LogP contribution in [0.1, 0.15) is 140 Å². The van der Waals surface area contributed by atoms with Gasteiger partial charge in [0, 0.05) is 36.9 Å². The highest BCUT2D eigenvalue weighted by atomic mass is 79.9. The van der Waals surface area contributed by atoms with E-state index in [4.69, 9.17) is 18.9 Å². The van der Waals surface area contributed by atoms with Gasteiger partial charge in [-0.3, -0.25) is 9.59 Å². The topological polar surface area (TPSA) is 179 Å². The highest BCUT2D eigenvalue weighted by Crippen LogP contribution is 2.18. The molecule has 2 atom stereocenters. The van der Waals surface area contributed by atoms with E-state index in [1.165, 1.54) is 0 Å². The largest absolute Gasteiger partial charge is 0.460 e. The van der Waals surface area contributed by atoms with Gasteiger partial charge in [-0.2, -0.15) is 0 Å². The van der Waals surface area contributed by atoms with Gasteiger partial charge in [-0.15, -0.1) is 0 Å². The van der Waals surface area contributed by atoms with E-state index in [0.717, 1.165) is 10.0 Å². The Bertz CT molecular complexity index is 1440. The molecule has 0 unspecified atom stereocenters. The first-order chi connectivity index (χ1) is 25.6. The number of nitrogens with one attached hydrogen (secondary N) is 3. The molecule has 0 saturated heterocycles. The first-order valence-corrected chi connectivity index (χ1v) is 20.2. The van der Waals surface area contributed by atoms with Crippen LogP contribution in [0.2, 0.25) is 0 Å². The van der Waals surface area contributed by atoms with Crippen molar-refractivity contribution in [3.05, 3.63) is 34.3 Å². The van der Waals surface area contributed by atoms with E-state index >= 15 is 0 Å². The summed E-state index contributed by atoms with van der Waals surface area (Å²) in [6.07, 6.45) is 1.84. The zero-order valence-corrected chi connectivity index (χ0v) is 37.2. The number of unbranched alkanes of at least 4 members (excludes halogenated alkanes) is 2. The fourth-order valence-corrected chi connectivity index (χ4v) is 5.34. The van der Waals surface area contributed by atoms with Gasteiger partial charge in [0.2, 0.25) is 5.91 Å². The lowest BCUT2D eigenvalue weighted by Gasteiger charge is -2.27. The average molecular weight is 856 g/mol. The Morgan fingerprint density at radius 3 is 1.62 bits per heavy atom. The molecular formula is C41H67BrN4O10. The van der Waals surface area contributed by atoms with Gasteiger partial charge < -0.3 is 39.8 Å². The number of nitrogens with zero attached hydrogens (tertiary/aromatic N) is 1. The second-order valence-electron chi connectivity index (χ2n) is 17.7. The summed E-state index contributed by atoms with van der Waals surface area (Å²) in [4.78, 5) is 79.3. The summed E-state index contributed by atoms with van der Waals surface area (Å²) >= 11 is 3.45. The number of hydrogen-bond donors (Lipinski definition) is 3. The Kier molecular flexibility index (Phi) is 20.4. The molecule has 0 heterocycles. The third-order valence-electron chi connectivity index (χ3n) is 7.35. The summed E-state index contributed by atoms with van der Waals surface area (Å²) in [5.41, 5.74) is -2.07. The van der Waals surface area contributed by atoms with E-state index in [2.05, 4.69) is 31.9 Å². The van der Waals surface area contributed by atoms with E-state index in [-0.39, 0.29) is 31.6 Å². The number of rotatable bonds is 19. The second-order valence-corrected chi connectivity index (χ2v) is 18.7. The summed E-state index contributed by atoms with van der Waals surface area (Å²) in [6.45, 7) is 21.9. The SMILES string of the molecule is CC(C)(C)OC(=O)CC[C@H](NC(=O)N[C@@H](CCCCN(Cc1ccc(Br)cc1)C(=O)CCCCNC(=O)OC(C)(C)C)C(=O)OC(C)(C)C)C(=O)OC(C)(C)C. The third-order valence-corrected chi connectivity index (χ3v) is 7.87. The van der Waals surface area contributed by atoms with Crippen molar-refractivity contribution >= 4 is 51.9 Å². The van der Waals surface area contributed by atoms with Crippen molar-refractivity contribution in [2.75, 3.05) is 13.1 Å². The number of urea groups is 1. The summed E-state index contributed by atoms with van der Waals surface area (Å²) in [5.74, 6) is -1.98. The van der Waals surface area contributed by atoms with Crippen molar-refractivity contribution in [3.8, 4) is 0 Å². The van der Waals surface area contributed by atoms with Crippen molar-refractivity contribution in [2.24, 2.45) is 0 Å². The first kappa shape index (κ1) is 50.1. The van der Waals surface area contributed by atoms with Gasteiger partial charge in [0.05, 0.1) is 0 Å². The lowest BCUT2D eigenvalue weighted by atomic mass is 10.1. The number of halogens is 1. The molecule has 4 amide bonds. The van der Waals surface area contributed by atoms with E-state index in [1.807, 2.05) is 24.3 Å². The molecule has 1 rings (SSSR count). The Balaban J connectivity index is 3.01. The molecule has 0 saturated carbocycles. The van der Waals surface area contributed by atoms with Crippen LogP contribution in [0.25, 0.3) is 0 Å². The lowest BCUT2D eigenvalue weighted by Crippen LogP contribution is -2.53. The number of carbonyl (C=O) groups is 6. The van der Waals surface area contributed by atoms with Crippen LogP contribution in [0.15, 0.2) is 28.7 Å². The maximum absolute atomic E-state index is 13.4. The number of esters is 3. The van der Waals surface area contributed by atoms with Gasteiger partial charge in [0.1, 0.15) is 34.5 Å². The van der Waals surface area contributed by atoms with Crippen LogP contribution in [0.3, 0.4) is 0 Å². The van der Waals surface area contributed by atoms with Gasteiger partial charge in [-0.1, -0.05) is 28.1 Å². The number of carbonyl (C=O) groups excluding carboxylic acids is 6. The number of alkyl carbamates (subject to hydrolysis) is 1. The molecule has 1 aromatic carbocycles. The van der Waals surface area contributed by atoms with Crippen LogP contribution in [0, 0.1) is 0 Å². The van der Waals surface area contributed by atoms with Gasteiger partial charge >= 0.3 is 30.0 Å². The van der Waals surface area contributed by atoms with Crippen molar-refractivity contribution in [1.82, 2.24) is 20.9 Å². The van der Waals surface area contributed by atoms with E-state index in [9.17, 15) is 28.8 Å². The molecule has 1 aromatic rings. The molecule has 0 fully saturated rings. The molecule has 0 aliphatic heterocycles. The molecule has 3 N–H and O–H groups in total. The standard InChI is InChI=1S/C41H67BrN4O10/c1-38(2,3)53-33(48)24-23-31(35(50)55-40(7,8)9)45-36(51)44-30(34(49)54-39(4,5)6)17-14-16-26-46(27-28-19-21-29(42)22-20-28)32(47)18-13-15-25-43-37(52)56-41(10,11)12/h19-22,30-31H,13-18,23-27H2,1-12H3,(H,43,52)(H2,44,45,51)/t30-,31-/m0/s1. The van der Waals surface area contributed by atoms with E-state index < -0.39 is 64.5 Å². The van der Waals surface area contributed by atoms with Gasteiger partial charge in [0.15, 0.2) is 0 Å². The molecule has 0 aromatic heterocycles. The Morgan fingerprint density at radius 2 is 1.12 bits per heavy atom. The van der Waals surface area contributed by atoms with Crippen LogP contribution < -0.4 is 16.0 Å². The fraction of sp³-hybridized carbons (Fsp3) is 0.707. The molecule has 15 heteroatoms. The van der Waals surface area contributed by atoms with Crippen LogP contribution in [0.5, 0.6) is 0 Å². The molecule has 14 nitrogen and oxygen atoms in total. The van der Waals surface area contributed by atoms with Gasteiger partial charge in [0.25, 0.3) is 0 Å². The highest BCUT2D eigenvalue weighted by molar-refractivity contribution is 9.10. The molecule has 56 heavy (non-hydrogen) atoms. The Hall–Kier alpha value is -3.88. The Morgan fingerprint density at radius 1 is 0.625 bits per heavy atom. The quantitative estimate of drug-likeness (QED) is 0.0718. The molecule has 0 radical (unpaired) electrons. The molecular weight excluding hydrogens is 788 g/mol. The maximum Gasteiger partial charge on any atom is 0.407 e. The van der Waals surface area contributed by atoms with Crippen molar-refractivity contribution in [2.45, 2.75) is 175 Å². The number of ether oxygens (including phenoxy) is 4. The number of hydrogen-bond acceptors (Lipinski definition) is 10. The summed E-state index contributed by atoms with van der Waals surface area (Å²) in [7, 11) is 0. The minimum absolute atomic E-state index is 0.0500. The van der Waals surface area contributed by atoms with Crippen LogP contribution in [-0.2, 0) is 44.7 Å². The zero-order valence-electron chi connectivity index (χ0n) is 35.6. The van der Waals surface area contributed by atoms with Crippen LogP contribution in [-0.4, -0.2) is 88.4 Å². The first-order valence-electron chi connectivity index (χ1n) is 19.4. The van der Waals surface area contributed by atoms with Crippen molar-refractivity contribution in [3.63, 3.8) is 0 Å². The van der Waals surface area contributed by atoms with E-state index in [1.54, 1.807) is 88.0 Å². The van der Waals surface area contributed by atoms with Crippen LogP contribution in [0.4, 0.5) is 9.59 Å². The molecule has 0 aliphatic carbocycles. The minimum atomic E-state index is -1.20. The Labute approximate surface area is 342 Å². The molecule has 318 valence electrons. The predicted octanol–water partition coefficient (Wildman–Crippen LogP) is 7.48. The molecule has 0 aliphatic rings. The fourth-order valence-electron chi connectivity index (χ4n) is 5.07. The molecule has 0 bridgehead atoms. The second kappa shape index (κ2) is 22.8. The molecule has 0 spiro atoms. The van der Waals surface area contributed by atoms with Gasteiger partial charge in [-0.05, 0) is 139 Å². The highest BCUT2D eigenvalue weighted by Gasteiger charge is 2.31. The number of amides is 4. The monoisotopic (exact) mass is 854 g/mol. The minimum Gasteiger partial charge on any atom is -0.460 e. The van der Waals surface area contributed by atoms with Crippen molar-refractivity contribution < 1.29 is 47.7 Å².